The van der Waals surface area contributed by atoms with Crippen molar-refractivity contribution >= 4 is 33.3 Å². The van der Waals surface area contributed by atoms with E-state index in [1.165, 1.54) is 0 Å². The van der Waals surface area contributed by atoms with Gasteiger partial charge in [0.05, 0.1) is 16.3 Å². The summed E-state index contributed by atoms with van der Waals surface area (Å²) in [5.41, 5.74) is 2.72. The monoisotopic (exact) mass is 585 g/mol. The van der Waals surface area contributed by atoms with Gasteiger partial charge in [0.1, 0.15) is 0 Å². The molecule has 0 spiro atoms. The van der Waals surface area contributed by atoms with Crippen molar-refractivity contribution in [3.05, 3.63) is 53.6 Å². The van der Waals surface area contributed by atoms with Crippen molar-refractivity contribution in [3.63, 3.8) is 0 Å². The van der Waals surface area contributed by atoms with Crippen molar-refractivity contribution < 1.29 is 36.3 Å². The molecule has 0 unspecified atom stereocenters. The minimum Gasteiger partial charge on any atom is -0.475 e. The fourth-order valence-electron chi connectivity index (χ4n) is 4.30. The van der Waals surface area contributed by atoms with Crippen LogP contribution < -0.4 is 14.9 Å². The lowest BCUT2D eigenvalue weighted by molar-refractivity contribution is -0.192. The number of carbonyl (C=O) groups excluding carboxylic acids is 1. The molecular weight excluding hydrogens is 551 g/mol. The molecule has 14 heteroatoms. The number of carboxylic acids is 1. The maximum absolute atomic E-state index is 13.2. The molecule has 2 aromatic carbocycles. The van der Waals surface area contributed by atoms with Gasteiger partial charge in [-0.15, -0.1) is 0 Å². The second-order valence-electron chi connectivity index (χ2n) is 9.42. The normalized spacial score (nSPS) is 16.6. The number of sulfonamides is 1. The Morgan fingerprint density at radius 2 is 1.55 bits per heavy atom. The predicted octanol–water partition coefficient (Wildman–Crippen LogP) is 2.62. The first-order chi connectivity index (χ1) is 18.8. The Bertz CT molecular complexity index is 1270. The van der Waals surface area contributed by atoms with E-state index in [2.05, 4.69) is 26.8 Å². The number of nitrogens with zero attached hydrogens (tertiary/aromatic N) is 3. The molecule has 0 aromatic heterocycles. The zero-order valence-electron chi connectivity index (χ0n) is 22.4. The van der Waals surface area contributed by atoms with Crippen LogP contribution in [0.2, 0.25) is 0 Å². The number of halogens is 3. The van der Waals surface area contributed by atoms with Gasteiger partial charge < -0.3 is 25.1 Å². The summed E-state index contributed by atoms with van der Waals surface area (Å²) in [5, 5.41) is 10.4. The average Bonchev–Trinajstić information content (AvgIpc) is 2.93. The number of alkyl halides is 3. The molecule has 3 N–H and O–H groups in total. The standard InChI is InChI=1S/C24H33N5O3S.C2HF3O2/c1-3-27-14-16-29(17-15-27)24(30)20-6-9-23(28-12-10-25-11-13-28)22(18-20)26-33(31,32)21-7-4-19(2)5-8-21;3-2(4,5)1(6)7/h4-9,18,25-26H,3,10-17H2,1-2H3;(H,6,7). The minimum absolute atomic E-state index is 0.0617. The van der Waals surface area contributed by atoms with Gasteiger partial charge in [0.25, 0.3) is 15.9 Å². The first-order valence-electron chi connectivity index (χ1n) is 12.8. The molecule has 4 rings (SSSR count). The Balaban J connectivity index is 0.000000559. The highest BCUT2D eigenvalue weighted by Crippen LogP contribution is 2.30. The summed E-state index contributed by atoms with van der Waals surface area (Å²) in [6.45, 7) is 11.3. The fraction of sp³-hybridized carbons (Fsp3) is 0.462. The molecule has 2 aromatic rings. The average molecular weight is 586 g/mol. The molecule has 2 heterocycles. The second kappa shape index (κ2) is 13.3. The van der Waals surface area contributed by atoms with Crippen molar-refractivity contribution in [1.29, 1.82) is 0 Å². The van der Waals surface area contributed by atoms with E-state index in [4.69, 9.17) is 9.90 Å². The molecule has 2 fully saturated rings. The Kier molecular flexibility index (Phi) is 10.4. The van der Waals surface area contributed by atoms with Crippen LogP contribution in [0.1, 0.15) is 22.8 Å². The van der Waals surface area contributed by atoms with Gasteiger partial charge in [0.2, 0.25) is 0 Å². The lowest BCUT2D eigenvalue weighted by Crippen LogP contribution is -2.48. The summed E-state index contributed by atoms with van der Waals surface area (Å²) in [5.74, 6) is -2.82. The van der Waals surface area contributed by atoms with E-state index >= 15 is 0 Å². The lowest BCUT2D eigenvalue weighted by atomic mass is 10.1. The van der Waals surface area contributed by atoms with Crippen LogP contribution in [0.15, 0.2) is 47.4 Å². The van der Waals surface area contributed by atoms with Gasteiger partial charge >= 0.3 is 12.1 Å². The molecule has 220 valence electrons. The molecule has 2 aliphatic heterocycles. The van der Waals surface area contributed by atoms with Crippen LogP contribution in [-0.2, 0) is 14.8 Å². The van der Waals surface area contributed by atoms with E-state index in [1.807, 2.05) is 24.0 Å². The minimum atomic E-state index is -5.08. The zero-order valence-corrected chi connectivity index (χ0v) is 23.2. The Morgan fingerprint density at radius 3 is 2.08 bits per heavy atom. The number of hydrogen-bond donors (Lipinski definition) is 3. The highest BCUT2D eigenvalue weighted by molar-refractivity contribution is 7.92. The molecule has 0 bridgehead atoms. The predicted molar refractivity (Wildman–Crippen MR) is 145 cm³/mol. The maximum atomic E-state index is 13.2. The van der Waals surface area contributed by atoms with Gasteiger partial charge in [0.15, 0.2) is 0 Å². The fourth-order valence-corrected chi connectivity index (χ4v) is 5.37. The third-order valence-corrected chi connectivity index (χ3v) is 8.01. The highest BCUT2D eigenvalue weighted by Gasteiger charge is 2.38. The number of amides is 1. The summed E-state index contributed by atoms with van der Waals surface area (Å²) in [6.07, 6.45) is -5.08. The first kappa shape index (κ1) is 31.2. The van der Waals surface area contributed by atoms with E-state index < -0.39 is 22.2 Å². The van der Waals surface area contributed by atoms with E-state index in [-0.39, 0.29) is 10.8 Å². The number of nitrogens with one attached hydrogen (secondary N) is 2. The van der Waals surface area contributed by atoms with Crippen molar-refractivity contribution in [2.45, 2.75) is 24.9 Å². The molecule has 0 saturated carbocycles. The number of likely N-dealkylation sites (N-methyl/N-ethyl adjacent to an activating group) is 1. The quantitative estimate of drug-likeness (QED) is 0.473. The summed E-state index contributed by atoms with van der Waals surface area (Å²) >= 11 is 0. The summed E-state index contributed by atoms with van der Waals surface area (Å²) in [7, 11) is -3.79. The van der Waals surface area contributed by atoms with Crippen molar-refractivity contribution in [2.75, 3.05) is 68.5 Å². The highest BCUT2D eigenvalue weighted by atomic mass is 32.2. The molecule has 0 radical (unpaired) electrons. The van der Waals surface area contributed by atoms with Crippen LogP contribution in [-0.4, -0.2) is 100 Å². The lowest BCUT2D eigenvalue weighted by Gasteiger charge is -2.34. The molecule has 0 aliphatic carbocycles. The topological polar surface area (TPSA) is 122 Å². The molecule has 2 saturated heterocycles. The van der Waals surface area contributed by atoms with E-state index in [0.717, 1.165) is 57.1 Å². The maximum Gasteiger partial charge on any atom is 0.490 e. The van der Waals surface area contributed by atoms with Gasteiger partial charge in [-0.2, -0.15) is 13.2 Å². The first-order valence-corrected chi connectivity index (χ1v) is 14.3. The van der Waals surface area contributed by atoms with Gasteiger partial charge in [-0.1, -0.05) is 24.6 Å². The van der Waals surface area contributed by atoms with Crippen LogP contribution >= 0.6 is 0 Å². The molecule has 40 heavy (non-hydrogen) atoms. The number of piperazine rings is 2. The number of hydrogen-bond acceptors (Lipinski definition) is 7. The number of anilines is 2. The number of rotatable bonds is 6. The van der Waals surface area contributed by atoms with Crippen LogP contribution in [0.3, 0.4) is 0 Å². The zero-order chi connectivity index (χ0) is 29.5. The Morgan fingerprint density at radius 1 is 0.975 bits per heavy atom. The van der Waals surface area contributed by atoms with Crippen molar-refractivity contribution in [1.82, 2.24) is 15.1 Å². The van der Waals surface area contributed by atoms with E-state index in [0.29, 0.717) is 24.3 Å². The largest absolute Gasteiger partial charge is 0.490 e. The Hall–Kier alpha value is -3.36. The molecule has 1 amide bonds. The summed E-state index contributed by atoms with van der Waals surface area (Å²) in [4.78, 5) is 28.6. The van der Waals surface area contributed by atoms with Crippen molar-refractivity contribution in [3.8, 4) is 0 Å². The van der Waals surface area contributed by atoms with Gasteiger partial charge in [-0.25, -0.2) is 13.2 Å². The van der Waals surface area contributed by atoms with Gasteiger partial charge in [0, 0.05) is 57.9 Å². The molecule has 10 nitrogen and oxygen atoms in total. The summed E-state index contributed by atoms with van der Waals surface area (Å²) < 4.78 is 60.8. The van der Waals surface area contributed by atoms with Gasteiger partial charge in [-0.3, -0.25) is 9.52 Å². The molecule has 0 atom stereocenters. The smallest absolute Gasteiger partial charge is 0.475 e. The van der Waals surface area contributed by atoms with Crippen LogP contribution in [0, 0.1) is 6.92 Å². The number of aliphatic carboxylic acids is 1. The van der Waals surface area contributed by atoms with Crippen LogP contribution in [0.4, 0.5) is 24.5 Å². The summed E-state index contributed by atoms with van der Waals surface area (Å²) in [6, 6.07) is 12.1. The third-order valence-electron chi connectivity index (χ3n) is 6.63. The molecular formula is C26H34F3N5O5S. The SMILES string of the molecule is CCN1CCN(C(=O)c2ccc(N3CCNCC3)c(NS(=O)(=O)c3ccc(C)cc3)c2)CC1.O=C(O)C(F)(F)F. The molecule has 2 aliphatic rings. The second-order valence-corrected chi connectivity index (χ2v) is 11.1. The van der Waals surface area contributed by atoms with Gasteiger partial charge in [-0.05, 0) is 43.8 Å². The third kappa shape index (κ3) is 8.32. The Labute approximate surface area is 231 Å². The number of benzene rings is 2. The van der Waals surface area contributed by atoms with Crippen LogP contribution in [0.5, 0.6) is 0 Å². The number of aryl methyl sites for hydroxylation is 1. The number of carbonyl (C=O) groups is 2. The van der Waals surface area contributed by atoms with E-state index in [1.54, 1.807) is 30.3 Å². The van der Waals surface area contributed by atoms with Crippen LogP contribution in [0.25, 0.3) is 0 Å². The van der Waals surface area contributed by atoms with E-state index in [9.17, 15) is 26.4 Å². The number of carboxylic acid groups (broad SMARTS) is 1. The van der Waals surface area contributed by atoms with Crippen molar-refractivity contribution in [2.24, 2.45) is 0 Å².